The number of nitrogens with one attached hydrogen (secondary N) is 1. The molecule has 0 fully saturated rings. The summed E-state index contributed by atoms with van der Waals surface area (Å²) in [5, 5.41) is 4.81. The summed E-state index contributed by atoms with van der Waals surface area (Å²) in [5.41, 5.74) is 4.10. The number of rotatable bonds is 8. The van der Waals surface area contributed by atoms with E-state index in [2.05, 4.69) is 10.5 Å². The van der Waals surface area contributed by atoms with Gasteiger partial charge in [0.1, 0.15) is 5.75 Å². The van der Waals surface area contributed by atoms with Crippen LogP contribution in [0.1, 0.15) is 17.3 Å². The van der Waals surface area contributed by atoms with Gasteiger partial charge in [-0.05, 0) is 49.4 Å². The number of thioether (sulfide) groups is 1. The van der Waals surface area contributed by atoms with Gasteiger partial charge in [0, 0.05) is 23.7 Å². The Kier molecular flexibility index (Phi) is 6.74. The van der Waals surface area contributed by atoms with Gasteiger partial charge >= 0.3 is 0 Å². The van der Waals surface area contributed by atoms with E-state index in [9.17, 15) is 9.59 Å². The van der Waals surface area contributed by atoms with Gasteiger partial charge in [-0.15, -0.1) is 0 Å². The van der Waals surface area contributed by atoms with Crippen molar-refractivity contribution in [2.24, 2.45) is 5.10 Å². The molecule has 1 atom stereocenters. The summed E-state index contributed by atoms with van der Waals surface area (Å²) < 4.78 is 15.9. The Balaban J connectivity index is 1.40. The summed E-state index contributed by atoms with van der Waals surface area (Å²) in [4.78, 5) is 29.0. The Morgan fingerprint density at radius 1 is 1.09 bits per heavy atom. The fourth-order valence-corrected chi connectivity index (χ4v) is 4.29. The minimum atomic E-state index is -0.666. The number of ketones is 1. The lowest BCUT2D eigenvalue weighted by Gasteiger charge is -2.31. The summed E-state index contributed by atoms with van der Waals surface area (Å²) in [7, 11) is 3.07. The van der Waals surface area contributed by atoms with Crippen molar-refractivity contribution >= 4 is 34.3 Å². The van der Waals surface area contributed by atoms with Crippen LogP contribution in [0.5, 0.6) is 17.2 Å². The van der Waals surface area contributed by atoms with Gasteiger partial charge in [-0.1, -0.05) is 11.8 Å². The number of benzene rings is 2. The first-order valence-corrected chi connectivity index (χ1v) is 11.3. The number of anilines is 1. The third-order valence-electron chi connectivity index (χ3n) is 5.09. The van der Waals surface area contributed by atoms with Crippen molar-refractivity contribution in [3.05, 3.63) is 60.4 Å². The fourth-order valence-electron chi connectivity index (χ4n) is 3.43. The number of carbonyl (C=O) groups excluding carboxylic acids is 2. The second-order valence-electron chi connectivity index (χ2n) is 7.05. The summed E-state index contributed by atoms with van der Waals surface area (Å²) in [5.74, 6) is 1.69. The van der Waals surface area contributed by atoms with Gasteiger partial charge in [0.05, 0.1) is 26.6 Å². The number of amides is 1. The van der Waals surface area contributed by atoms with E-state index in [1.54, 1.807) is 47.5 Å². The van der Waals surface area contributed by atoms with Crippen molar-refractivity contribution in [1.82, 2.24) is 10.3 Å². The molecular formula is C23H24N4O5S. The normalized spacial score (nSPS) is 16.8. The van der Waals surface area contributed by atoms with Crippen LogP contribution in [-0.2, 0) is 4.79 Å². The lowest BCUT2D eigenvalue weighted by molar-refractivity contribution is -0.122. The summed E-state index contributed by atoms with van der Waals surface area (Å²) >= 11 is 1.26. The molecule has 0 saturated carbocycles. The molecule has 0 aromatic heterocycles. The number of hydrogen-bond acceptors (Lipinski definition) is 9. The van der Waals surface area contributed by atoms with Crippen molar-refractivity contribution in [2.75, 3.05) is 31.5 Å². The van der Waals surface area contributed by atoms with E-state index in [0.717, 1.165) is 11.4 Å². The van der Waals surface area contributed by atoms with Crippen LogP contribution in [0.25, 0.3) is 0 Å². The van der Waals surface area contributed by atoms with E-state index >= 15 is 0 Å². The molecule has 33 heavy (non-hydrogen) atoms. The molecule has 1 N–H and O–H groups in total. The molecule has 2 aliphatic heterocycles. The highest BCUT2D eigenvalue weighted by molar-refractivity contribution is 8.14. The Bertz CT molecular complexity index is 1100. The van der Waals surface area contributed by atoms with Gasteiger partial charge in [0.2, 0.25) is 6.17 Å². The number of hydrazone groups is 1. The van der Waals surface area contributed by atoms with E-state index in [1.165, 1.54) is 18.9 Å². The predicted octanol–water partition coefficient (Wildman–Crippen LogP) is 3.04. The minimum Gasteiger partial charge on any atom is -0.494 e. The molecule has 0 saturated heterocycles. The van der Waals surface area contributed by atoms with Crippen molar-refractivity contribution in [2.45, 2.75) is 13.1 Å². The number of nitrogens with zero attached hydrogens (tertiary/aromatic N) is 3. The van der Waals surface area contributed by atoms with E-state index < -0.39 is 6.17 Å². The smallest absolute Gasteiger partial charge is 0.276 e. The zero-order valence-corrected chi connectivity index (χ0v) is 19.3. The number of carbonyl (C=O) groups is 2. The highest BCUT2D eigenvalue weighted by Crippen LogP contribution is 2.30. The van der Waals surface area contributed by atoms with Crippen molar-refractivity contribution in [3.8, 4) is 17.2 Å². The third-order valence-corrected chi connectivity index (χ3v) is 6.06. The maximum atomic E-state index is 13.0. The zero-order chi connectivity index (χ0) is 23.4. The van der Waals surface area contributed by atoms with Crippen LogP contribution in [0.15, 0.2) is 60.0 Å². The van der Waals surface area contributed by atoms with Gasteiger partial charge < -0.3 is 14.2 Å². The van der Waals surface area contributed by atoms with Crippen LogP contribution in [0.3, 0.4) is 0 Å². The molecule has 1 unspecified atom stereocenters. The van der Waals surface area contributed by atoms with Crippen LogP contribution in [0.4, 0.5) is 5.69 Å². The number of Topliss-reactive ketones (excluding diaryl/α,β-unsaturated/α-hetero) is 1. The van der Waals surface area contributed by atoms with Gasteiger partial charge in [-0.25, -0.2) is 0 Å². The molecule has 0 radical (unpaired) electrons. The molecule has 2 aromatic carbocycles. The third kappa shape index (κ3) is 4.61. The Morgan fingerprint density at radius 3 is 2.55 bits per heavy atom. The standard InChI is InChI=1S/C23H24N4O5S/c1-4-32-17-8-6-16(7-9-17)26-11-12-27-21(22(26)29)24-25-23(27)33-14-18(28)15-5-10-19(30-2)20(13-15)31-3/h5-13,21,24H,4,14H2,1-3H3. The molecule has 4 rings (SSSR count). The summed E-state index contributed by atoms with van der Waals surface area (Å²) in [6.45, 7) is 2.50. The first-order chi connectivity index (χ1) is 16.0. The molecule has 0 aliphatic carbocycles. The van der Waals surface area contributed by atoms with Gasteiger partial charge in [-0.2, -0.15) is 5.10 Å². The van der Waals surface area contributed by atoms with Crippen LogP contribution in [0.2, 0.25) is 0 Å². The lowest BCUT2D eigenvalue weighted by atomic mass is 10.1. The average Bonchev–Trinajstić information content (AvgIpc) is 3.27. The van der Waals surface area contributed by atoms with Crippen molar-refractivity contribution in [1.29, 1.82) is 0 Å². The van der Waals surface area contributed by atoms with Crippen LogP contribution < -0.4 is 24.5 Å². The van der Waals surface area contributed by atoms with Gasteiger partial charge in [0.15, 0.2) is 22.4 Å². The van der Waals surface area contributed by atoms with Crippen molar-refractivity contribution < 1.29 is 23.8 Å². The largest absolute Gasteiger partial charge is 0.494 e. The summed E-state index contributed by atoms with van der Waals surface area (Å²) in [6, 6.07) is 12.4. The van der Waals surface area contributed by atoms with Crippen LogP contribution in [-0.4, -0.2) is 54.5 Å². The number of methoxy groups -OCH3 is 2. The summed E-state index contributed by atoms with van der Waals surface area (Å²) in [6.07, 6.45) is 2.79. The molecule has 1 amide bonds. The van der Waals surface area contributed by atoms with Gasteiger partial charge in [-0.3, -0.25) is 24.8 Å². The molecular weight excluding hydrogens is 444 g/mol. The molecule has 2 heterocycles. The average molecular weight is 469 g/mol. The number of amidine groups is 1. The zero-order valence-electron chi connectivity index (χ0n) is 18.5. The fraction of sp³-hybridized carbons (Fsp3) is 0.261. The van der Waals surface area contributed by atoms with E-state index in [4.69, 9.17) is 14.2 Å². The number of ether oxygens (including phenoxy) is 3. The van der Waals surface area contributed by atoms with E-state index in [0.29, 0.717) is 28.8 Å². The first-order valence-electron chi connectivity index (χ1n) is 10.3. The lowest BCUT2D eigenvalue weighted by Crippen LogP contribution is -2.52. The molecule has 10 heteroatoms. The van der Waals surface area contributed by atoms with Crippen molar-refractivity contribution in [3.63, 3.8) is 0 Å². The SMILES string of the molecule is CCOc1ccc(N2C=CN3C(SCC(=O)c4ccc(OC)c(OC)c4)=NNC3C2=O)cc1. The maximum absolute atomic E-state index is 13.0. The van der Waals surface area contributed by atoms with E-state index in [1.807, 2.05) is 31.2 Å². The van der Waals surface area contributed by atoms with Crippen LogP contribution in [0, 0.1) is 0 Å². The highest BCUT2D eigenvalue weighted by Gasteiger charge is 2.38. The topological polar surface area (TPSA) is 92.7 Å². The molecule has 2 aromatic rings. The molecule has 2 aliphatic rings. The Morgan fingerprint density at radius 2 is 1.85 bits per heavy atom. The maximum Gasteiger partial charge on any atom is 0.276 e. The molecule has 0 bridgehead atoms. The number of hydrogen-bond donors (Lipinski definition) is 1. The predicted molar refractivity (Wildman–Crippen MR) is 127 cm³/mol. The quantitative estimate of drug-likeness (QED) is 0.591. The highest BCUT2D eigenvalue weighted by atomic mass is 32.2. The minimum absolute atomic E-state index is 0.0876. The molecule has 0 spiro atoms. The monoisotopic (exact) mass is 468 g/mol. The second kappa shape index (κ2) is 9.86. The van der Waals surface area contributed by atoms with Crippen LogP contribution >= 0.6 is 11.8 Å². The molecule has 9 nitrogen and oxygen atoms in total. The molecule has 172 valence electrons. The Labute approximate surface area is 196 Å². The van der Waals surface area contributed by atoms with E-state index in [-0.39, 0.29) is 17.4 Å². The number of fused-ring (bicyclic) bond motifs is 1. The second-order valence-corrected chi connectivity index (χ2v) is 7.99. The Hall–Kier alpha value is -3.66. The first kappa shape index (κ1) is 22.5. The van der Waals surface area contributed by atoms with Gasteiger partial charge in [0.25, 0.3) is 5.91 Å².